The Morgan fingerprint density at radius 2 is 1.71 bits per heavy atom. The molecular weight excluding hydrogens is 315 g/mol. The maximum absolute atomic E-state index is 12.8. The zero-order chi connectivity index (χ0) is 17.7. The Morgan fingerprint density at radius 3 is 2.33 bits per heavy atom. The van der Waals surface area contributed by atoms with Gasteiger partial charge in [-0.1, -0.05) is 41.2 Å². The van der Waals surface area contributed by atoms with E-state index in [0.717, 1.165) is 17.2 Å². The summed E-state index contributed by atoms with van der Waals surface area (Å²) in [4.78, 5) is 12.0. The van der Waals surface area contributed by atoms with Crippen LogP contribution in [0.3, 0.4) is 0 Å². The molecule has 2 rings (SSSR count). The Hall–Kier alpha value is -2.74. The van der Waals surface area contributed by atoms with Crippen LogP contribution in [-0.2, 0) is 6.18 Å². The second kappa shape index (κ2) is 7.22. The second-order valence-corrected chi connectivity index (χ2v) is 5.40. The van der Waals surface area contributed by atoms with Crippen molar-refractivity contribution in [2.24, 2.45) is 0 Å². The third-order valence-corrected chi connectivity index (χ3v) is 3.28. The second-order valence-electron chi connectivity index (χ2n) is 5.40. The summed E-state index contributed by atoms with van der Waals surface area (Å²) in [6.45, 7) is 3.74. The summed E-state index contributed by atoms with van der Waals surface area (Å²) in [5.41, 5.74) is 1.55. The van der Waals surface area contributed by atoms with Crippen molar-refractivity contribution in [2.75, 3.05) is 6.54 Å². The summed E-state index contributed by atoms with van der Waals surface area (Å²) >= 11 is 0. The van der Waals surface area contributed by atoms with E-state index in [-0.39, 0.29) is 18.0 Å². The fraction of sp³-hybridized carbons (Fsp3) is 0.211. The van der Waals surface area contributed by atoms with Gasteiger partial charge in [-0.3, -0.25) is 4.79 Å². The molecule has 0 aliphatic rings. The van der Waals surface area contributed by atoms with Crippen LogP contribution in [0.4, 0.5) is 13.2 Å². The fourth-order valence-corrected chi connectivity index (χ4v) is 2.31. The van der Waals surface area contributed by atoms with Crippen LogP contribution >= 0.6 is 0 Å². The first-order valence-corrected chi connectivity index (χ1v) is 7.29. The summed E-state index contributed by atoms with van der Waals surface area (Å²) in [5.74, 6) is 4.72. The molecule has 0 fully saturated rings. The van der Waals surface area contributed by atoms with E-state index in [4.69, 9.17) is 0 Å². The largest absolute Gasteiger partial charge is 0.417 e. The predicted molar refractivity (Wildman–Crippen MR) is 86.6 cm³/mol. The number of carbonyl (C=O) groups excluding carboxylic acids is 1. The van der Waals surface area contributed by atoms with Gasteiger partial charge in [-0.05, 0) is 38.1 Å². The zero-order valence-electron chi connectivity index (χ0n) is 13.3. The fourth-order valence-electron chi connectivity index (χ4n) is 2.31. The molecule has 1 amide bonds. The number of aryl methyl sites for hydroxylation is 2. The van der Waals surface area contributed by atoms with E-state index in [1.807, 2.05) is 19.9 Å². The highest BCUT2D eigenvalue weighted by Crippen LogP contribution is 2.31. The molecule has 0 atom stereocenters. The van der Waals surface area contributed by atoms with Crippen LogP contribution in [0.15, 0.2) is 42.5 Å². The average molecular weight is 331 g/mol. The first-order valence-electron chi connectivity index (χ1n) is 7.29. The molecule has 0 unspecified atom stereocenters. The van der Waals surface area contributed by atoms with E-state index in [1.54, 1.807) is 12.1 Å². The van der Waals surface area contributed by atoms with Crippen molar-refractivity contribution >= 4 is 5.91 Å². The number of alkyl halides is 3. The van der Waals surface area contributed by atoms with E-state index in [2.05, 4.69) is 17.2 Å². The molecule has 2 nitrogen and oxygen atoms in total. The number of hydrogen-bond donors (Lipinski definition) is 1. The van der Waals surface area contributed by atoms with E-state index in [9.17, 15) is 18.0 Å². The summed E-state index contributed by atoms with van der Waals surface area (Å²) in [6, 6.07) is 10.5. The molecule has 2 aromatic rings. The number of amides is 1. The monoisotopic (exact) mass is 331 g/mol. The number of carbonyl (C=O) groups is 1. The number of halogens is 3. The van der Waals surface area contributed by atoms with Crippen LogP contribution in [0.5, 0.6) is 0 Å². The van der Waals surface area contributed by atoms with Crippen molar-refractivity contribution in [2.45, 2.75) is 20.0 Å². The van der Waals surface area contributed by atoms with Crippen molar-refractivity contribution in [3.05, 3.63) is 70.3 Å². The molecule has 24 heavy (non-hydrogen) atoms. The van der Waals surface area contributed by atoms with Crippen LogP contribution in [-0.4, -0.2) is 12.5 Å². The van der Waals surface area contributed by atoms with Gasteiger partial charge in [0.05, 0.1) is 12.1 Å². The van der Waals surface area contributed by atoms with Gasteiger partial charge in [-0.15, -0.1) is 0 Å². The van der Waals surface area contributed by atoms with Crippen LogP contribution in [0.25, 0.3) is 0 Å². The van der Waals surface area contributed by atoms with Crippen molar-refractivity contribution in [3.8, 4) is 11.8 Å². The van der Waals surface area contributed by atoms with Gasteiger partial charge < -0.3 is 5.32 Å². The highest BCUT2D eigenvalue weighted by atomic mass is 19.4. The molecule has 0 radical (unpaired) electrons. The third kappa shape index (κ3) is 4.63. The van der Waals surface area contributed by atoms with Crippen molar-refractivity contribution in [1.29, 1.82) is 0 Å². The smallest absolute Gasteiger partial charge is 0.341 e. The Labute approximate surface area is 138 Å². The molecule has 1 N–H and O–H groups in total. The Balaban J connectivity index is 2.06. The number of hydrogen-bond acceptors (Lipinski definition) is 1. The summed E-state index contributed by atoms with van der Waals surface area (Å²) in [5, 5.41) is 2.59. The number of benzene rings is 2. The summed E-state index contributed by atoms with van der Waals surface area (Å²) in [7, 11) is 0. The van der Waals surface area contributed by atoms with Gasteiger partial charge in [-0.25, -0.2) is 0 Å². The molecule has 0 aromatic heterocycles. The number of nitrogens with one attached hydrogen (secondary N) is 1. The van der Waals surface area contributed by atoms with Crippen LogP contribution in [0, 0.1) is 25.7 Å². The van der Waals surface area contributed by atoms with E-state index in [1.165, 1.54) is 18.2 Å². The summed E-state index contributed by atoms with van der Waals surface area (Å²) < 4.78 is 38.5. The molecule has 124 valence electrons. The van der Waals surface area contributed by atoms with Crippen LogP contribution in [0.1, 0.15) is 32.6 Å². The van der Waals surface area contributed by atoms with Gasteiger partial charge in [-0.2, -0.15) is 13.2 Å². The van der Waals surface area contributed by atoms with E-state index >= 15 is 0 Å². The quantitative estimate of drug-likeness (QED) is 0.825. The topological polar surface area (TPSA) is 29.1 Å². The molecule has 0 bridgehead atoms. The normalized spacial score (nSPS) is 10.7. The van der Waals surface area contributed by atoms with Crippen molar-refractivity contribution in [3.63, 3.8) is 0 Å². The van der Waals surface area contributed by atoms with Crippen molar-refractivity contribution in [1.82, 2.24) is 5.32 Å². The van der Waals surface area contributed by atoms with Gasteiger partial charge in [0.1, 0.15) is 0 Å². The molecule has 0 saturated heterocycles. The molecule has 0 heterocycles. The Kier molecular flexibility index (Phi) is 5.30. The lowest BCUT2D eigenvalue weighted by Gasteiger charge is -2.08. The standard InChI is InChI=1S/C19H16F3NO/c1-13-10-14(2)12-16(11-13)18(24)23-9-5-7-15-6-3-4-8-17(15)19(20,21)22/h3-4,6,8,10-12H,9H2,1-2H3,(H,23,24). The van der Waals surface area contributed by atoms with Crippen LogP contribution < -0.4 is 5.32 Å². The minimum atomic E-state index is -4.45. The maximum atomic E-state index is 12.8. The average Bonchev–Trinajstić information content (AvgIpc) is 2.50. The van der Waals surface area contributed by atoms with Crippen LogP contribution in [0.2, 0.25) is 0 Å². The Bertz CT molecular complexity index is 793. The molecule has 5 heteroatoms. The van der Waals surface area contributed by atoms with Crippen molar-refractivity contribution < 1.29 is 18.0 Å². The van der Waals surface area contributed by atoms with Gasteiger partial charge >= 0.3 is 6.18 Å². The first-order chi connectivity index (χ1) is 11.3. The molecule has 0 spiro atoms. The van der Waals surface area contributed by atoms with E-state index < -0.39 is 11.7 Å². The maximum Gasteiger partial charge on any atom is 0.417 e. The SMILES string of the molecule is Cc1cc(C)cc(C(=O)NCC#Cc2ccccc2C(F)(F)F)c1. The molecular formula is C19H16F3NO. The summed E-state index contributed by atoms with van der Waals surface area (Å²) in [6.07, 6.45) is -4.45. The molecule has 0 aliphatic heterocycles. The number of rotatable bonds is 2. The van der Waals surface area contributed by atoms with Gasteiger partial charge in [0.25, 0.3) is 5.91 Å². The third-order valence-electron chi connectivity index (χ3n) is 3.28. The first kappa shape index (κ1) is 17.6. The lowest BCUT2D eigenvalue weighted by Crippen LogP contribution is -2.23. The lowest BCUT2D eigenvalue weighted by atomic mass is 10.1. The minimum absolute atomic E-state index is 0.0297. The molecule has 0 saturated carbocycles. The highest BCUT2D eigenvalue weighted by Gasteiger charge is 2.32. The lowest BCUT2D eigenvalue weighted by molar-refractivity contribution is -0.137. The van der Waals surface area contributed by atoms with Gasteiger partial charge in [0, 0.05) is 11.1 Å². The molecule has 2 aromatic carbocycles. The Morgan fingerprint density at radius 1 is 1.08 bits per heavy atom. The highest BCUT2D eigenvalue weighted by molar-refractivity contribution is 5.94. The zero-order valence-corrected chi connectivity index (χ0v) is 13.3. The minimum Gasteiger partial charge on any atom is -0.341 e. The predicted octanol–water partition coefficient (Wildman–Crippen LogP) is 4.10. The van der Waals surface area contributed by atoms with Gasteiger partial charge in [0.15, 0.2) is 0 Å². The molecule has 0 aliphatic carbocycles. The van der Waals surface area contributed by atoms with Gasteiger partial charge in [0.2, 0.25) is 0 Å². The van der Waals surface area contributed by atoms with E-state index in [0.29, 0.717) is 5.56 Å².